The molecule has 1 aliphatic rings. The second-order valence-electron chi connectivity index (χ2n) is 4.43. The Morgan fingerprint density at radius 2 is 1.81 bits per heavy atom. The van der Waals surface area contributed by atoms with Crippen molar-refractivity contribution in [1.82, 2.24) is 5.06 Å². The van der Waals surface area contributed by atoms with Crippen molar-refractivity contribution >= 4 is 11.6 Å². The summed E-state index contributed by atoms with van der Waals surface area (Å²) in [6.07, 6.45) is 3.60. The number of pyridine rings is 1. The molecule has 2 heterocycles. The smallest absolute Gasteiger partial charge is 0.285 e. The summed E-state index contributed by atoms with van der Waals surface area (Å²) in [6.45, 7) is 5.50. The van der Waals surface area contributed by atoms with E-state index in [1.807, 2.05) is 39.0 Å². The Hall–Kier alpha value is -1.68. The molecule has 1 aromatic rings. The normalized spacial score (nSPS) is 19.5. The Morgan fingerprint density at radius 3 is 2.25 bits per heavy atom. The first kappa shape index (κ1) is 10.8. The van der Waals surface area contributed by atoms with E-state index in [4.69, 9.17) is 0 Å². The maximum Gasteiger partial charge on any atom is 0.343 e. The van der Waals surface area contributed by atoms with Crippen molar-refractivity contribution in [2.24, 2.45) is 0 Å². The topological polar surface area (TPSA) is 44.4 Å². The Kier molecular flexibility index (Phi) is 2.31. The van der Waals surface area contributed by atoms with Crippen LogP contribution in [0.4, 0.5) is 0 Å². The fourth-order valence-corrected chi connectivity index (χ4v) is 1.82. The van der Waals surface area contributed by atoms with E-state index in [2.05, 4.69) is 0 Å². The third-order valence-corrected chi connectivity index (χ3v) is 3.17. The standard InChI is InChI=1S/C12H15N2O2/c1-9-10(13-7-5-4-6-8-13)11(15)14(16)12(9,2)3/h4-8,16H,1-3H3/q+1. The summed E-state index contributed by atoms with van der Waals surface area (Å²) in [7, 11) is 0. The van der Waals surface area contributed by atoms with Crippen LogP contribution in [-0.4, -0.2) is 21.7 Å². The second kappa shape index (κ2) is 3.42. The molecule has 0 saturated heterocycles. The Balaban J connectivity index is 2.58. The molecule has 0 fully saturated rings. The van der Waals surface area contributed by atoms with Crippen LogP contribution in [0.25, 0.3) is 5.70 Å². The fourth-order valence-electron chi connectivity index (χ4n) is 1.82. The average Bonchev–Trinajstić information content (AvgIpc) is 2.42. The van der Waals surface area contributed by atoms with Crippen molar-refractivity contribution in [3.05, 3.63) is 36.2 Å². The van der Waals surface area contributed by atoms with Crippen molar-refractivity contribution in [3.63, 3.8) is 0 Å². The molecule has 0 radical (unpaired) electrons. The molecule has 4 heteroatoms. The summed E-state index contributed by atoms with van der Waals surface area (Å²) in [6, 6.07) is 5.58. The summed E-state index contributed by atoms with van der Waals surface area (Å²) in [5.74, 6) is -0.362. The molecule has 1 aliphatic heterocycles. The van der Waals surface area contributed by atoms with Gasteiger partial charge in [-0.15, -0.1) is 0 Å². The van der Waals surface area contributed by atoms with Crippen molar-refractivity contribution in [2.75, 3.05) is 0 Å². The van der Waals surface area contributed by atoms with Gasteiger partial charge in [0.25, 0.3) is 5.70 Å². The predicted molar refractivity (Wildman–Crippen MR) is 58.2 cm³/mol. The van der Waals surface area contributed by atoms with Gasteiger partial charge in [0.2, 0.25) is 0 Å². The van der Waals surface area contributed by atoms with Crippen LogP contribution in [0.2, 0.25) is 0 Å². The zero-order valence-electron chi connectivity index (χ0n) is 9.64. The molecule has 0 bridgehead atoms. The number of hydrogen-bond acceptors (Lipinski definition) is 2. The lowest BCUT2D eigenvalue weighted by atomic mass is 9.97. The first-order valence-electron chi connectivity index (χ1n) is 5.17. The summed E-state index contributed by atoms with van der Waals surface area (Å²) < 4.78 is 1.73. The molecule has 0 atom stereocenters. The number of nitrogens with zero attached hydrogens (tertiary/aromatic N) is 2. The van der Waals surface area contributed by atoms with Crippen molar-refractivity contribution < 1.29 is 14.6 Å². The molecular weight excluding hydrogens is 204 g/mol. The molecular formula is C12H15N2O2+. The van der Waals surface area contributed by atoms with Gasteiger partial charge in [0.1, 0.15) is 0 Å². The number of carbonyl (C=O) groups is 1. The van der Waals surface area contributed by atoms with Gasteiger partial charge in [-0.3, -0.25) is 10.0 Å². The first-order chi connectivity index (χ1) is 7.46. The highest BCUT2D eigenvalue weighted by Crippen LogP contribution is 2.33. The summed E-state index contributed by atoms with van der Waals surface area (Å²) >= 11 is 0. The quantitative estimate of drug-likeness (QED) is 0.570. The minimum absolute atomic E-state index is 0.362. The third kappa shape index (κ3) is 1.34. The van der Waals surface area contributed by atoms with Crippen LogP contribution in [0.5, 0.6) is 0 Å². The third-order valence-electron chi connectivity index (χ3n) is 3.17. The average molecular weight is 219 g/mol. The number of amides is 1. The molecule has 4 nitrogen and oxygen atoms in total. The van der Waals surface area contributed by atoms with Gasteiger partial charge < -0.3 is 0 Å². The largest absolute Gasteiger partial charge is 0.343 e. The highest BCUT2D eigenvalue weighted by atomic mass is 16.5. The number of hydrogen-bond donors (Lipinski definition) is 1. The molecule has 0 aliphatic carbocycles. The minimum atomic E-state index is -0.644. The van der Waals surface area contributed by atoms with E-state index < -0.39 is 5.54 Å². The number of aromatic nitrogens is 1. The van der Waals surface area contributed by atoms with E-state index in [1.54, 1.807) is 17.0 Å². The van der Waals surface area contributed by atoms with Gasteiger partial charge in [0.05, 0.1) is 5.54 Å². The lowest BCUT2D eigenvalue weighted by Gasteiger charge is -2.25. The molecule has 2 rings (SSSR count). The zero-order valence-corrected chi connectivity index (χ0v) is 9.64. The Bertz CT molecular complexity index is 463. The predicted octanol–water partition coefficient (Wildman–Crippen LogP) is 1.22. The van der Waals surface area contributed by atoms with E-state index in [0.717, 1.165) is 10.6 Å². The molecule has 0 aromatic carbocycles. The summed E-state index contributed by atoms with van der Waals surface area (Å²) in [4.78, 5) is 11.9. The van der Waals surface area contributed by atoms with Gasteiger partial charge in [0.15, 0.2) is 12.4 Å². The van der Waals surface area contributed by atoms with Crippen molar-refractivity contribution in [3.8, 4) is 0 Å². The van der Waals surface area contributed by atoms with Gasteiger partial charge in [-0.25, -0.2) is 5.06 Å². The molecule has 0 unspecified atom stereocenters. The zero-order chi connectivity index (χ0) is 11.9. The van der Waals surface area contributed by atoms with E-state index in [-0.39, 0.29) is 5.91 Å². The van der Waals surface area contributed by atoms with Gasteiger partial charge in [-0.2, -0.15) is 4.57 Å². The second-order valence-corrected chi connectivity index (χ2v) is 4.43. The molecule has 1 aromatic heterocycles. The Labute approximate surface area is 94.4 Å². The van der Waals surface area contributed by atoms with Crippen LogP contribution >= 0.6 is 0 Å². The minimum Gasteiger partial charge on any atom is -0.285 e. The maximum absolute atomic E-state index is 11.9. The SMILES string of the molecule is CC1=C([n+]2ccccc2)C(=O)N(O)C1(C)C. The monoisotopic (exact) mass is 219 g/mol. The molecule has 0 spiro atoms. The van der Waals surface area contributed by atoms with E-state index >= 15 is 0 Å². The fraction of sp³-hybridized carbons (Fsp3) is 0.333. The van der Waals surface area contributed by atoms with Gasteiger partial charge >= 0.3 is 5.91 Å². The van der Waals surface area contributed by atoms with Gasteiger partial charge in [-0.1, -0.05) is 6.07 Å². The number of rotatable bonds is 1. The molecule has 1 N–H and O–H groups in total. The lowest BCUT2D eigenvalue weighted by Crippen LogP contribution is -2.42. The lowest BCUT2D eigenvalue weighted by molar-refractivity contribution is -0.578. The Morgan fingerprint density at radius 1 is 1.25 bits per heavy atom. The molecule has 1 amide bonds. The van der Waals surface area contributed by atoms with Crippen LogP contribution in [0.15, 0.2) is 36.2 Å². The van der Waals surface area contributed by atoms with E-state index in [1.165, 1.54) is 0 Å². The van der Waals surface area contributed by atoms with E-state index in [9.17, 15) is 10.0 Å². The highest BCUT2D eigenvalue weighted by molar-refractivity contribution is 6.13. The van der Waals surface area contributed by atoms with Crippen LogP contribution in [-0.2, 0) is 4.79 Å². The summed E-state index contributed by atoms with van der Waals surface area (Å²) in [5.41, 5.74) is 0.735. The van der Waals surface area contributed by atoms with E-state index in [0.29, 0.717) is 5.70 Å². The molecule has 0 saturated carbocycles. The molecule has 84 valence electrons. The summed E-state index contributed by atoms with van der Waals surface area (Å²) in [5, 5.41) is 10.5. The van der Waals surface area contributed by atoms with Gasteiger partial charge in [0, 0.05) is 17.7 Å². The van der Waals surface area contributed by atoms with Crippen molar-refractivity contribution in [1.29, 1.82) is 0 Å². The first-order valence-corrected chi connectivity index (χ1v) is 5.17. The van der Waals surface area contributed by atoms with Crippen LogP contribution in [0, 0.1) is 0 Å². The van der Waals surface area contributed by atoms with Crippen molar-refractivity contribution in [2.45, 2.75) is 26.3 Å². The highest BCUT2D eigenvalue weighted by Gasteiger charge is 2.47. The number of carbonyl (C=O) groups excluding carboxylic acids is 1. The van der Waals surface area contributed by atoms with Gasteiger partial charge in [-0.05, 0) is 20.8 Å². The number of hydroxylamine groups is 2. The van der Waals surface area contributed by atoms with Crippen LogP contribution in [0.3, 0.4) is 0 Å². The van der Waals surface area contributed by atoms with Crippen LogP contribution < -0.4 is 4.57 Å². The van der Waals surface area contributed by atoms with Crippen LogP contribution in [0.1, 0.15) is 20.8 Å². The molecule has 16 heavy (non-hydrogen) atoms. The maximum atomic E-state index is 11.9.